The molecular weight excluding hydrogens is 196 g/mol. The summed E-state index contributed by atoms with van der Waals surface area (Å²) in [6.07, 6.45) is 7.12. The largest absolute Gasteiger partial charge is 0.317 e. The molecule has 1 saturated heterocycles. The van der Waals surface area contributed by atoms with E-state index in [1.54, 1.807) is 0 Å². The fourth-order valence-electron chi connectivity index (χ4n) is 3.56. The molecule has 0 aromatic carbocycles. The predicted octanol–water partition coefficient (Wildman–Crippen LogP) is 2.50. The molecule has 1 heterocycles. The summed E-state index contributed by atoms with van der Waals surface area (Å²) < 4.78 is 0. The molecular formula is C14H28N2. The van der Waals surface area contributed by atoms with E-state index in [1.165, 1.54) is 58.3 Å². The SMILES string of the molecule is CCN(CC1CCNCC1)C1CCCC1C. The summed E-state index contributed by atoms with van der Waals surface area (Å²) in [5, 5.41) is 3.47. The lowest BCUT2D eigenvalue weighted by Gasteiger charge is -2.35. The van der Waals surface area contributed by atoms with Crippen LogP contribution < -0.4 is 5.32 Å². The molecule has 1 saturated carbocycles. The quantitative estimate of drug-likeness (QED) is 0.789. The molecule has 1 aliphatic heterocycles. The zero-order valence-corrected chi connectivity index (χ0v) is 11.0. The molecule has 94 valence electrons. The Morgan fingerprint density at radius 1 is 1.12 bits per heavy atom. The van der Waals surface area contributed by atoms with Crippen molar-refractivity contribution in [2.45, 2.75) is 52.0 Å². The van der Waals surface area contributed by atoms with Gasteiger partial charge in [-0.05, 0) is 57.2 Å². The van der Waals surface area contributed by atoms with Crippen LogP contribution in [-0.2, 0) is 0 Å². The third-order valence-corrected chi connectivity index (χ3v) is 4.64. The van der Waals surface area contributed by atoms with E-state index in [-0.39, 0.29) is 0 Å². The van der Waals surface area contributed by atoms with Crippen LogP contribution in [0.1, 0.15) is 46.0 Å². The van der Waals surface area contributed by atoms with E-state index in [9.17, 15) is 0 Å². The zero-order chi connectivity index (χ0) is 11.4. The first-order chi connectivity index (χ1) is 7.81. The lowest BCUT2D eigenvalue weighted by molar-refractivity contribution is 0.136. The van der Waals surface area contributed by atoms with Crippen molar-refractivity contribution < 1.29 is 0 Å². The van der Waals surface area contributed by atoms with E-state index in [2.05, 4.69) is 24.1 Å². The Labute approximate surface area is 101 Å². The number of nitrogens with zero attached hydrogens (tertiary/aromatic N) is 1. The Morgan fingerprint density at radius 2 is 1.88 bits per heavy atom. The van der Waals surface area contributed by atoms with Crippen LogP contribution >= 0.6 is 0 Å². The third kappa shape index (κ3) is 2.98. The van der Waals surface area contributed by atoms with E-state index in [1.807, 2.05) is 0 Å². The van der Waals surface area contributed by atoms with E-state index < -0.39 is 0 Å². The maximum atomic E-state index is 3.47. The van der Waals surface area contributed by atoms with Gasteiger partial charge in [-0.2, -0.15) is 0 Å². The van der Waals surface area contributed by atoms with Crippen LogP contribution in [0.2, 0.25) is 0 Å². The highest BCUT2D eigenvalue weighted by molar-refractivity contribution is 4.84. The maximum absolute atomic E-state index is 3.47. The van der Waals surface area contributed by atoms with Crippen molar-refractivity contribution >= 4 is 0 Å². The van der Waals surface area contributed by atoms with Gasteiger partial charge in [-0.25, -0.2) is 0 Å². The van der Waals surface area contributed by atoms with Gasteiger partial charge in [0.15, 0.2) is 0 Å². The fraction of sp³-hybridized carbons (Fsp3) is 1.00. The number of hydrogen-bond donors (Lipinski definition) is 1. The summed E-state index contributed by atoms with van der Waals surface area (Å²) in [6, 6.07) is 0.889. The Hall–Kier alpha value is -0.0800. The van der Waals surface area contributed by atoms with Crippen molar-refractivity contribution in [3.63, 3.8) is 0 Å². The lowest BCUT2D eigenvalue weighted by Crippen LogP contribution is -2.42. The van der Waals surface area contributed by atoms with Crippen molar-refractivity contribution in [2.24, 2.45) is 11.8 Å². The van der Waals surface area contributed by atoms with Crippen LogP contribution in [0.4, 0.5) is 0 Å². The first-order valence-electron chi connectivity index (χ1n) is 7.26. The van der Waals surface area contributed by atoms with E-state index in [0.717, 1.165) is 17.9 Å². The maximum Gasteiger partial charge on any atom is 0.0121 e. The summed E-state index contributed by atoms with van der Waals surface area (Å²) in [7, 11) is 0. The number of nitrogens with one attached hydrogen (secondary N) is 1. The van der Waals surface area contributed by atoms with Gasteiger partial charge < -0.3 is 10.2 Å². The molecule has 2 fully saturated rings. The molecule has 0 aromatic rings. The van der Waals surface area contributed by atoms with Crippen LogP contribution in [0.25, 0.3) is 0 Å². The second kappa shape index (κ2) is 6.02. The van der Waals surface area contributed by atoms with Gasteiger partial charge in [0.05, 0.1) is 0 Å². The van der Waals surface area contributed by atoms with E-state index in [0.29, 0.717) is 0 Å². The normalized spacial score (nSPS) is 32.4. The van der Waals surface area contributed by atoms with Gasteiger partial charge in [0.1, 0.15) is 0 Å². The van der Waals surface area contributed by atoms with Crippen LogP contribution in [0.3, 0.4) is 0 Å². The first kappa shape index (κ1) is 12.4. The molecule has 0 spiro atoms. The highest BCUT2D eigenvalue weighted by Gasteiger charge is 2.29. The highest BCUT2D eigenvalue weighted by Crippen LogP contribution is 2.30. The lowest BCUT2D eigenvalue weighted by atomic mass is 9.95. The summed E-state index contributed by atoms with van der Waals surface area (Å²) in [5.74, 6) is 1.88. The number of piperidine rings is 1. The average Bonchev–Trinajstić information content (AvgIpc) is 2.74. The minimum absolute atomic E-state index is 0.889. The Morgan fingerprint density at radius 3 is 2.44 bits per heavy atom. The van der Waals surface area contributed by atoms with Crippen molar-refractivity contribution in [2.75, 3.05) is 26.2 Å². The predicted molar refractivity (Wildman–Crippen MR) is 69.6 cm³/mol. The minimum Gasteiger partial charge on any atom is -0.317 e. The van der Waals surface area contributed by atoms with Gasteiger partial charge >= 0.3 is 0 Å². The molecule has 0 amide bonds. The molecule has 2 nitrogen and oxygen atoms in total. The van der Waals surface area contributed by atoms with Crippen LogP contribution in [0, 0.1) is 11.8 Å². The van der Waals surface area contributed by atoms with Crippen molar-refractivity contribution in [1.29, 1.82) is 0 Å². The minimum atomic E-state index is 0.889. The zero-order valence-electron chi connectivity index (χ0n) is 11.0. The second-order valence-corrected chi connectivity index (χ2v) is 5.76. The molecule has 0 bridgehead atoms. The van der Waals surface area contributed by atoms with Crippen molar-refractivity contribution in [3.8, 4) is 0 Å². The molecule has 2 unspecified atom stereocenters. The molecule has 2 rings (SSSR count). The summed E-state index contributed by atoms with van der Waals surface area (Å²) in [6.45, 7) is 9.87. The number of hydrogen-bond acceptors (Lipinski definition) is 2. The van der Waals surface area contributed by atoms with Gasteiger partial charge in [0, 0.05) is 12.6 Å². The number of rotatable bonds is 4. The van der Waals surface area contributed by atoms with Crippen molar-refractivity contribution in [3.05, 3.63) is 0 Å². The van der Waals surface area contributed by atoms with E-state index >= 15 is 0 Å². The highest BCUT2D eigenvalue weighted by atomic mass is 15.2. The van der Waals surface area contributed by atoms with E-state index in [4.69, 9.17) is 0 Å². The molecule has 0 aromatic heterocycles. The fourth-order valence-corrected chi connectivity index (χ4v) is 3.56. The summed E-state index contributed by atoms with van der Waals surface area (Å²) in [4.78, 5) is 2.77. The third-order valence-electron chi connectivity index (χ3n) is 4.64. The smallest absolute Gasteiger partial charge is 0.0121 e. The Balaban J connectivity index is 1.84. The van der Waals surface area contributed by atoms with Gasteiger partial charge in [0.25, 0.3) is 0 Å². The van der Waals surface area contributed by atoms with Crippen LogP contribution in [0.5, 0.6) is 0 Å². The molecule has 2 heteroatoms. The van der Waals surface area contributed by atoms with Crippen molar-refractivity contribution in [1.82, 2.24) is 10.2 Å². The molecule has 0 radical (unpaired) electrons. The Bertz CT molecular complexity index is 199. The average molecular weight is 224 g/mol. The molecule has 16 heavy (non-hydrogen) atoms. The summed E-state index contributed by atoms with van der Waals surface area (Å²) >= 11 is 0. The monoisotopic (exact) mass is 224 g/mol. The second-order valence-electron chi connectivity index (χ2n) is 5.76. The van der Waals surface area contributed by atoms with Gasteiger partial charge in [-0.3, -0.25) is 0 Å². The molecule has 2 aliphatic rings. The molecule has 1 N–H and O–H groups in total. The first-order valence-corrected chi connectivity index (χ1v) is 7.26. The van der Waals surface area contributed by atoms with Crippen LogP contribution in [0.15, 0.2) is 0 Å². The standard InChI is InChI=1S/C14H28N2/c1-3-16(14-6-4-5-12(14)2)11-13-7-9-15-10-8-13/h12-15H,3-11H2,1-2H3. The molecule has 2 atom stereocenters. The van der Waals surface area contributed by atoms with Gasteiger partial charge in [-0.15, -0.1) is 0 Å². The summed E-state index contributed by atoms with van der Waals surface area (Å²) in [5.41, 5.74) is 0. The molecule has 1 aliphatic carbocycles. The van der Waals surface area contributed by atoms with Crippen LogP contribution in [-0.4, -0.2) is 37.1 Å². The topological polar surface area (TPSA) is 15.3 Å². The van der Waals surface area contributed by atoms with Gasteiger partial charge in [-0.1, -0.05) is 20.3 Å². The Kier molecular flexibility index (Phi) is 4.66. The van der Waals surface area contributed by atoms with Gasteiger partial charge in [0.2, 0.25) is 0 Å².